The molecular formula is C14H16FNO3. The molecule has 0 amide bonds. The van der Waals surface area contributed by atoms with Gasteiger partial charge in [0.25, 0.3) is 0 Å². The maximum absolute atomic E-state index is 13.6. The molecule has 0 saturated heterocycles. The van der Waals surface area contributed by atoms with Crippen LogP contribution in [0, 0.1) is 11.7 Å². The first-order valence-corrected chi connectivity index (χ1v) is 6.38. The number of halogens is 1. The van der Waals surface area contributed by atoms with Crippen LogP contribution in [0.25, 0.3) is 0 Å². The fourth-order valence-corrected chi connectivity index (χ4v) is 2.31. The van der Waals surface area contributed by atoms with Crippen LogP contribution >= 0.6 is 0 Å². The second kappa shape index (κ2) is 5.38. The van der Waals surface area contributed by atoms with Crippen LogP contribution in [-0.4, -0.2) is 23.4 Å². The molecular weight excluding hydrogens is 249 g/mol. The minimum absolute atomic E-state index is 0.0614. The number of nitrogens with one attached hydrogen (secondary N) is 1. The molecule has 0 aliphatic carbocycles. The molecule has 1 aliphatic rings. The summed E-state index contributed by atoms with van der Waals surface area (Å²) in [7, 11) is 0. The molecule has 1 atom stereocenters. The molecule has 1 aromatic rings. The van der Waals surface area contributed by atoms with Gasteiger partial charge in [-0.25, -0.2) is 4.39 Å². The van der Waals surface area contributed by atoms with Gasteiger partial charge < -0.3 is 10.4 Å². The zero-order valence-electron chi connectivity index (χ0n) is 10.7. The van der Waals surface area contributed by atoms with E-state index in [0.717, 1.165) is 24.5 Å². The molecule has 1 heterocycles. The summed E-state index contributed by atoms with van der Waals surface area (Å²) in [5.74, 6) is -3.32. The Kier molecular flexibility index (Phi) is 3.83. The van der Waals surface area contributed by atoms with E-state index in [1.54, 1.807) is 0 Å². The molecule has 0 spiro atoms. The van der Waals surface area contributed by atoms with Crippen molar-refractivity contribution in [3.63, 3.8) is 0 Å². The quantitative estimate of drug-likeness (QED) is 0.821. The smallest absolute Gasteiger partial charge is 0.316 e. The number of Topliss-reactive ketones (excluding diaryl/α,β-unsaturated/α-hetero) is 1. The number of carbonyl (C=O) groups is 2. The van der Waals surface area contributed by atoms with Gasteiger partial charge in [-0.2, -0.15) is 0 Å². The number of unbranched alkanes of at least 4 members (excludes halogenated alkanes) is 1. The molecule has 5 heteroatoms. The predicted octanol–water partition coefficient (Wildman–Crippen LogP) is 2.48. The SMILES string of the molecule is CCCCc1cc(F)cc2c1NCC(C(=O)O)C2=O. The van der Waals surface area contributed by atoms with E-state index >= 15 is 0 Å². The van der Waals surface area contributed by atoms with Gasteiger partial charge in [0.2, 0.25) is 0 Å². The molecule has 102 valence electrons. The van der Waals surface area contributed by atoms with Crippen LogP contribution in [0.1, 0.15) is 35.7 Å². The van der Waals surface area contributed by atoms with Crippen molar-refractivity contribution in [1.82, 2.24) is 0 Å². The summed E-state index contributed by atoms with van der Waals surface area (Å²) in [5, 5.41) is 11.9. The first-order valence-electron chi connectivity index (χ1n) is 6.38. The normalized spacial score (nSPS) is 17.8. The van der Waals surface area contributed by atoms with E-state index in [9.17, 15) is 14.0 Å². The summed E-state index contributed by atoms with van der Waals surface area (Å²) in [6, 6.07) is 2.53. The van der Waals surface area contributed by atoms with E-state index in [2.05, 4.69) is 5.32 Å². The number of aliphatic carboxylic acids is 1. The summed E-state index contributed by atoms with van der Waals surface area (Å²) < 4.78 is 13.6. The summed E-state index contributed by atoms with van der Waals surface area (Å²) >= 11 is 0. The van der Waals surface area contributed by atoms with E-state index in [4.69, 9.17) is 5.11 Å². The number of anilines is 1. The number of fused-ring (bicyclic) bond motifs is 1. The minimum atomic E-state index is -1.18. The van der Waals surface area contributed by atoms with Crippen LogP contribution in [0.4, 0.5) is 10.1 Å². The zero-order valence-corrected chi connectivity index (χ0v) is 10.7. The van der Waals surface area contributed by atoms with Crippen LogP contribution in [0.5, 0.6) is 0 Å². The lowest BCUT2D eigenvalue weighted by Gasteiger charge is -2.24. The molecule has 2 N–H and O–H groups in total. The number of hydrogen-bond acceptors (Lipinski definition) is 3. The van der Waals surface area contributed by atoms with E-state index < -0.39 is 23.5 Å². The van der Waals surface area contributed by atoms with Gasteiger partial charge in [0.15, 0.2) is 5.78 Å². The maximum atomic E-state index is 13.6. The van der Waals surface area contributed by atoms with Gasteiger partial charge in [0, 0.05) is 17.8 Å². The van der Waals surface area contributed by atoms with Crippen LogP contribution in [0.15, 0.2) is 12.1 Å². The van der Waals surface area contributed by atoms with Crippen molar-refractivity contribution in [2.75, 3.05) is 11.9 Å². The van der Waals surface area contributed by atoms with E-state index in [-0.39, 0.29) is 12.1 Å². The fraction of sp³-hybridized carbons (Fsp3) is 0.429. The monoisotopic (exact) mass is 265 g/mol. The van der Waals surface area contributed by atoms with Crippen LogP contribution in [-0.2, 0) is 11.2 Å². The molecule has 0 bridgehead atoms. The van der Waals surface area contributed by atoms with Gasteiger partial charge in [0.1, 0.15) is 11.7 Å². The Bertz CT molecular complexity index is 528. The van der Waals surface area contributed by atoms with Crippen LogP contribution < -0.4 is 5.32 Å². The van der Waals surface area contributed by atoms with E-state index in [1.807, 2.05) is 6.92 Å². The van der Waals surface area contributed by atoms with Crippen LogP contribution in [0.2, 0.25) is 0 Å². The Labute approximate surface area is 110 Å². The third kappa shape index (κ3) is 2.59. The second-order valence-corrected chi connectivity index (χ2v) is 4.73. The number of carboxylic acid groups (broad SMARTS) is 1. The Balaban J connectivity index is 2.41. The van der Waals surface area contributed by atoms with Crippen molar-refractivity contribution in [1.29, 1.82) is 0 Å². The Morgan fingerprint density at radius 1 is 1.53 bits per heavy atom. The Morgan fingerprint density at radius 3 is 2.89 bits per heavy atom. The second-order valence-electron chi connectivity index (χ2n) is 4.73. The fourth-order valence-electron chi connectivity index (χ4n) is 2.31. The lowest BCUT2D eigenvalue weighted by Crippen LogP contribution is -2.36. The molecule has 2 rings (SSSR count). The average Bonchev–Trinajstić information content (AvgIpc) is 2.36. The number of rotatable bonds is 4. The molecule has 1 aromatic carbocycles. The number of benzene rings is 1. The van der Waals surface area contributed by atoms with Gasteiger partial charge in [-0.15, -0.1) is 0 Å². The Hall–Kier alpha value is -1.91. The van der Waals surface area contributed by atoms with Crippen molar-refractivity contribution >= 4 is 17.4 Å². The third-order valence-electron chi connectivity index (χ3n) is 3.35. The molecule has 0 fully saturated rings. The largest absolute Gasteiger partial charge is 0.481 e. The number of carbonyl (C=O) groups excluding carboxylic acids is 1. The van der Waals surface area contributed by atoms with Gasteiger partial charge in [-0.1, -0.05) is 13.3 Å². The van der Waals surface area contributed by atoms with Crippen molar-refractivity contribution in [2.24, 2.45) is 5.92 Å². The number of ketones is 1. The number of aryl methyl sites for hydroxylation is 1. The zero-order chi connectivity index (χ0) is 14.0. The number of hydrogen-bond donors (Lipinski definition) is 2. The van der Waals surface area contributed by atoms with E-state index in [0.29, 0.717) is 12.1 Å². The highest BCUT2D eigenvalue weighted by Gasteiger charge is 2.34. The predicted molar refractivity (Wildman–Crippen MR) is 69.0 cm³/mol. The lowest BCUT2D eigenvalue weighted by molar-refractivity contribution is -0.139. The van der Waals surface area contributed by atoms with Crippen molar-refractivity contribution < 1.29 is 19.1 Å². The van der Waals surface area contributed by atoms with Gasteiger partial charge in [-0.3, -0.25) is 9.59 Å². The first kappa shape index (κ1) is 13.5. The highest BCUT2D eigenvalue weighted by atomic mass is 19.1. The third-order valence-corrected chi connectivity index (χ3v) is 3.35. The average molecular weight is 265 g/mol. The molecule has 0 radical (unpaired) electrons. The highest BCUT2D eigenvalue weighted by molar-refractivity contribution is 6.13. The molecule has 19 heavy (non-hydrogen) atoms. The summed E-state index contributed by atoms with van der Waals surface area (Å²) in [5.41, 5.74) is 1.50. The van der Waals surface area contributed by atoms with Crippen LogP contribution in [0.3, 0.4) is 0 Å². The van der Waals surface area contributed by atoms with Crippen molar-refractivity contribution in [3.8, 4) is 0 Å². The summed E-state index contributed by atoms with van der Waals surface area (Å²) in [4.78, 5) is 23.0. The van der Waals surface area contributed by atoms with Gasteiger partial charge in [-0.05, 0) is 30.5 Å². The van der Waals surface area contributed by atoms with E-state index in [1.165, 1.54) is 6.07 Å². The molecule has 4 nitrogen and oxygen atoms in total. The van der Waals surface area contributed by atoms with Gasteiger partial charge in [0.05, 0.1) is 0 Å². The highest BCUT2D eigenvalue weighted by Crippen LogP contribution is 2.30. The molecule has 1 aliphatic heterocycles. The minimum Gasteiger partial charge on any atom is -0.481 e. The maximum Gasteiger partial charge on any atom is 0.316 e. The molecule has 0 aromatic heterocycles. The lowest BCUT2D eigenvalue weighted by atomic mass is 9.89. The van der Waals surface area contributed by atoms with Gasteiger partial charge >= 0.3 is 5.97 Å². The van der Waals surface area contributed by atoms with Crippen molar-refractivity contribution in [3.05, 3.63) is 29.1 Å². The van der Waals surface area contributed by atoms with Crippen molar-refractivity contribution in [2.45, 2.75) is 26.2 Å². The Morgan fingerprint density at radius 2 is 2.26 bits per heavy atom. The first-order chi connectivity index (χ1) is 9.04. The number of carboxylic acids is 1. The topological polar surface area (TPSA) is 66.4 Å². The summed E-state index contributed by atoms with van der Waals surface area (Å²) in [6.45, 7) is 2.09. The molecule has 0 saturated carbocycles. The standard InChI is InChI=1S/C14H16FNO3/c1-2-3-4-8-5-9(15)6-10-12(8)16-7-11(13(10)17)14(18)19/h5-6,11,16H,2-4,7H2,1H3,(H,18,19). The summed E-state index contributed by atoms with van der Waals surface area (Å²) in [6.07, 6.45) is 2.54. The molecule has 1 unspecified atom stereocenters.